The highest BCUT2D eigenvalue weighted by atomic mass is 32.2. The van der Waals surface area contributed by atoms with Crippen LogP contribution in [-0.2, 0) is 19.3 Å². The molecule has 2 rings (SSSR count). The van der Waals surface area contributed by atoms with Gasteiger partial charge in [-0.1, -0.05) is 20.8 Å². The summed E-state index contributed by atoms with van der Waals surface area (Å²) in [6, 6.07) is 0. The molecule has 0 aliphatic rings. The van der Waals surface area contributed by atoms with E-state index in [9.17, 15) is 0 Å². The van der Waals surface area contributed by atoms with E-state index in [0.29, 0.717) is 10.6 Å². The van der Waals surface area contributed by atoms with E-state index in [1.165, 1.54) is 23.3 Å². The van der Waals surface area contributed by atoms with Crippen molar-refractivity contribution >= 4 is 29.1 Å². The van der Waals surface area contributed by atoms with E-state index in [4.69, 9.17) is 11.1 Å². The van der Waals surface area contributed by atoms with Crippen LogP contribution in [0.5, 0.6) is 0 Å². The van der Waals surface area contributed by atoms with Crippen LogP contribution in [-0.4, -0.2) is 25.4 Å². The van der Waals surface area contributed by atoms with Crippen LogP contribution in [0.1, 0.15) is 43.4 Å². The zero-order valence-corrected chi connectivity index (χ0v) is 13.9. The fourth-order valence-electron chi connectivity index (χ4n) is 2.01. The van der Waals surface area contributed by atoms with Crippen molar-refractivity contribution in [2.24, 2.45) is 5.73 Å². The molecule has 3 N–H and O–H groups in total. The Bertz CT molecular complexity index is 652. The van der Waals surface area contributed by atoms with Crippen molar-refractivity contribution in [3.05, 3.63) is 22.6 Å². The quantitative estimate of drug-likeness (QED) is 0.625. The van der Waals surface area contributed by atoms with E-state index in [0.717, 1.165) is 40.7 Å². The molecular weight excluding hydrogens is 304 g/mol. The monoisotopic (exact) mass is 322 g/mol. The first-order chi connectivity index (χ1) is 10.1. The van der Waals surface area contributed by atoms with Gasteiger partial charge in [-0.2, -0.15) is 9.47 Å². The third kappa shape index (κ3) is 3.38. The van der Waals surface area contributed by atoms with E-state index in [-0.39, 0.29) is 5.84 Å². The number of hydrogen-bond donors (Lipinski definition) is 2. The summed E-state index contributed by atoms with van der Waals surface area (Å²) in [7, 11) is 0. The summed E-state index contributed by atoms with van der Waals surface area (Å²) in [4.78, 5) is 4.41. The number of aryl methyl sites for hydroxylation is 2. The Morgan fingerprint density at radius 1 is 1.19 bits per heavy atom. The summed E-state index contributed by atoms with van der Waals surface area (Å²) in [5.41, 5.74) is 8.36. The van der Waals surface area contributed by atoms with Crippen LogP contribution in [0.15, 0.2) is 9.37 Å². The SMILES string of the molecule is CCc1nsc(Sc2nnc(CC)c(CC)c2C(=N)N)n1. The lowest BCUT2D eigenvalue weighted by Crippen LogP contribution is -2.18. The Morgan fingerprint density at radius 3 is 2.48 bits per heavy atom. The lowest BCUT2D eigenvalue weighted by molar-refractivity contribution is 0.818. The topological polar surface area (TPSA) is 101 Å². The van der Waals surface area contributed by atoms with E-state index in [2.05, 4.69) is 19.6 Å². The van der Waals surface area contributed by atoms with E-state index in [1.807, 2.05) is 20.8 Å². The minimum Gasteiger partial charge on any atom is -0.384 e. The minimum atomic E-state index is 0.0270. The third-order valence-corrected chi connectivity index (χ3v) is 4.80. The minimum absolute atomic E-state index is 0.0270. The molecule has 0 amide bonds. The molecule has 0 atom stereocenters. The van der Waals surface area contributed by atoms with Gasteiger partial charge in [0.05, 0.1) is 11.3 Å². The molecule has 0 unspecified atom stereocenters. The first-order valence-corrected chi connectivity index (χ1v) is 8.42. The number of amidine groups is 1. The number of nitrogen functional groups attached to an aromatic ring is 1. The fraction of sp³-hybridized carbons (Fsp3) is 0.462. The molecule has 21 heavy (non-hydrogen) atoms. The maximum Gasteiger partial charge on any atom is 0.176 e. The van der Waals surface area contributed by atoms with Crippen LogP contribution >= 0.6 is 23.3 Å². The summed E-state index contributed by atoms with van der Waals surface area (Å²) in [6.07, 6.45) is 2.36. The molecule has 2 aromatic rings. The van der Waals surface area contributed by atoms with Crippen LogP contribution in [0.2, 0.25) is 0 Å². The largest absolute Gasteiger partial charge is 0.384 e. The van der Waals surface area contributed by atoms with Gasteiger partial charge in [-0.05, 0) is 41.7 Å². The van der Waals surface area contributed by atoms with Gasteiger partial charge in [0.15, 0.2) is 4.34 Å². The third-order valence-electron chi connectivity index (χ3n) is 3.03. The Morgan fingerprint density at radius 2 is 1.95 bits per heavy atom. The van der Waals surface area contributed by atoms with Crippen molar-refractivity contribution in [3.63, 3.8) is 0 Å². The second-order valence-electron chi connectivity index (χ2n) is 4.36. The van der Waals surface area contributed by atoms with Crippen molar-refractivity contribution in [2.75, 3.05) is 0 Å². The first-order valence-electron chi connectivity index (χ1n) is 6.83. The Kier molecular flexibility index (Phi) is 5.24. The van der Waals surface area contributed by atoms with Gasteiger partial charge in [0.2, 0.25) is 0 Å². The average molecular weight is 322 g/mol. The van der Waals surface area contributed by atoms with Crippen molar-refractivity contribution in [1.82, 2.24) is 19.6 Å². The van der Waals surface area contributed by atoms with Crippen LogP contribution in [0, 0.1) is 5.41 Å². The number of nitrogens with one attached hydrogen (secondary N) is 1. The second kappa shape index (κ2) is 6.95. The van der Waals surface area contributed by atoms with Gasteiger partial charge in [-0.25, -0.2) is 4.98 Å². The molecule has 6 nitrogen and oxygen atoms in total. The van der Waals surface area contributed by atoms with E-state index >= 15 is 0 Å². The summed E-state index contributed by atoms with van der Waals surface area (Å²) in [5, 5.41) is 17.0. The highest BCUT2D eigenvalue weighted by molar-refractivity contribution is 8.01. The lowest BCUT2D eigenvalue weighted by Gasteiger charge is -2.12. The first kappa shape index (κ1) is 15.8. The van der Waals surface area contributed by atoms with Crippen molar-refractivity contribution < 1.29 is 0 Å². The summed E-state index contributed by atoms with van der Waals surface area (Å²) < 4.78 is 5.06. The number of nitrogens with zero attached hydrogens (tertiary/aromatic N) is 4. The number of rotatable bonds is 6. The molecule has 8 heteroatoms. The van der Waals surface area contributed by atoms with Crippen LogP contribution in [0.3, 0.4) is 0 Å². The summed E-state index contributed by atoms with van der Waals surface area (Å²) in [6.45, 7) is 6.08. The smallest absolute Gasteiger partial charge is 0.176 e. The Hall–Kier alpha value is -1.54. The van der Waals surface area contributed by atoms with Gasteiger partial charge in [-0.15, -0.1) is 5.10 Å². The van der Waals surface area contributed by atoms with Crippen LogP contribution in [0.4, 0.5) is 0 Å². The maximum atomic E-state index is 7.86. The molecule has 2 heterocycles. The lowest BCUT2D eigenvalue weighted by atomic mass is 10.0. The Balaban J connectivity index is 2.45. The molecule has 2 aromatic heterocycles. The van der Waals surface area contributed by atoms with Crippen molar-refractivity contribution in [1.29, 1.82) is 5.41 Å². The van der Waals surface area contributed by atoms with Crippen LogP contribution < -0.4 is 5.73 Å². The standard InChI is InChI=1S/C13H18N6S2/c1-4-7-8(5-2)17-18-12(10(7)11(14)15)20-13-16-9(6-3)19-21-13/h4-6H2,1-3H3,(H3,14,15). The summed E-state index contributed by atoms with van der Waals surface area (Å²) >= 11 is 2.71. The van der Waals surface area contributed by atoms with Gasteiger partial charge in [-0.3, -0.25) is 5.41 Å². The molecule has 0 radical (unpaired) electrons. The zero-order valence-electron chi connectivity index (χ0n) is 12.3. The van der Waals surface area contributed by atoms with Gasteiger partial charge in [0.1, 0.15) is 16.7 Å². The van der Waals surface area contributed by atoms with E-state index in [1.54, 1.807) is 0 Å². The number of nitrogens with two attached hydrogens (primary N) is 1. The molecule has 0 aliphatic heterocycles. The molecule has 0 saturated carbocycles. The van der Waals surface area contributed by atoms with Gasteiger partial charge in [0.25, 0.3) is 0 Å². The highest BCUT2D eigenvalue weighted by Gasteiger charge is 2.19. The molecule has 0 spiro atoms. The zero-order chi connectivity index (χ0) is 15.4. The molecule has 0 aromatic carbocycles. The molecule has 0 saturated heterocycles. The fourth-order valence-corrected chi connectivity index (χ4v) is 3.74. The molecule has 112 valence electrons. The Labute approximate surface area is 132 Å². The van der Waals surface area contributed by atoms with Crippen molar-refractivity contribution in [2.45, 2.75) is 49.4 Å². The number of hydrogen-bond acceptors (Lipinski definition) is 7. The number of aromatic nitrogens is 4. The molecular formula is C13H18N6S2. The second-order valence-corrected chi connectivity index (χ2v) is 6.35. The van der Waals surface area contributed by atoms with Gasteiger partial charge in [0, 0.05) is 6.42 Å². The normalized spacial score (nSPS) is 10.8. The highest BCUT2D eigenvalue weighted by Crippen LogP contribution is 2.32. The molecule has 0 aliphatic carbocycles. The van der Waals surface area contributed by atoms with Crippen LogP contribution in [0.25, 0.3) is 0 Å². The summed E-state index contributed by atoms with van der Waals surface area (Å²) in [5.74, 6) is 0.847. The predicted octanol–water partition coefficient (Wildman–Crippen LogP) is 2.45. The van der Waals surface area contributed by atoms with E-state index < -0.39 is 0 Å². The molecule has 0 fully saturated rings. The maximum absolute atomic E-state index is 7.86. The average Bonchev–Trinajstić information content (AvgIpc) is 2.93. The van der Waals surface area contributed by atoms with Gasteiger partial charge >= 0.3 is 0 Å². The van der Waals surface area contributed by atoms with Gasteiger partial charge < -0.3 is 5.73 Å². The molecule has 0 bridgehead atoms. The van der Waals surface area contributed by atoms with Crippen molar-refractivity contribution in [3.8, 4) is 0 Å². The predicted molar refractivity (Wildman–Crippen MR) is 85.2 cm³/mol.